The Morgan fingerprint density at radius 1 is 1.23 bits per heavy atom. The van der Waals surface area contributed by atoms with Gasteiger partial charge in [-0.25, -0.2) is 4.79 Å². The molecule has 7 heteroatoms. The maximum Gasteiger partial charge on any atom is 0.331 e. The molecule has 0 saturated heterocycles. The van der Waals surface area contributed by atoms with E-state index in [1.165, 1.54) is 29.5 Å². The maximum absolute atomic E-state index is 12.9. The summed E-state index contributed by atoms with van der Waals surface area (Å²) in [5, 5.41) is 2.81. The highest BCUT2D eigenvalue weighted by molar-refractivity contribution is 6.14. The zero-order valence-corrected chi connectivity index (χ0v) is 18.3. The van der Waals surface area contributed by atoms with Gasteiger partial charge in [-0.05, 0) is 70.4 Å². The minimum atomic E-state index is -1.10. The summed E-state index contributed by atoms with van der Waals surface area (Å²) in [6.45, 7) is 6.98. The molecule has 2 amide bonds. The second-order valence-electron chi connectivity index (χ2n) is 8.63. The van der Waals surface area contributed by atoms with Gasteiger partial charge in [-0.15, -0.1) is 0 Å². The van der Waals surface area contributed by atoms with Gasteiger partial charge < -0.3 is 14.6 Å². The molecule has 1 N–H and O–H groups in total. The molecule has 1 saturated carbocycles. The number of rotatable bonds is 5. The number of para-hydroxylation sites is 2. The van der Waals surface area contributed by atoms with Crippen LogP contribution in [0.25, 0.3) is 6.08 Å². The number of nitrogens with one attached hydrogen (secondary N) is 1. The van der Waals surface area contributed by atoms with Gasteiger partial charge in [0, 0.05) is 23.5 Å². The molecule has 7 nitrogen and oxygen atoms in total. The Labute approximate surface area is 181 Å². The van der Waals surface area contributed by atoms with E-state index in [9.17, 15) is 14.4 Å². The molecule has 0 spiro atoms. The van der Waals surface area contributed by atoms with E-state index in [1.54, 1.807) is 44.2 Å². The van der Waals surface area contributed by atoms with E-state index in [4.69, 9.17) is 4.74 Å². The normalized spacial score (nSPS) is 17.4. The van der Waals surface area contributed by atoms with Crippen LogP contribution in [0.3, 0.4) is 0 Å². The fraction of sp³-hybridized carbons (Fsp3) is 0.375. The molecule has 1 aromatic carbocycles. The van der Waals surface area contributed by atoms with Crippen molar-refractivity contribution in [1.29, 1.82) is 0 Å². The number of nitrogens with zero attached hydrogens (tertiary/aromatic N) is 2. The van der Waals surface area contributed by atoms with E-state index < -0.39 is 24.0 Å². The number of anilines is 2. The van der Waals surface area contributed by atoms with E-state index in [0.717, 1.165) is 11.3 Å². The van der Waals surface area contributed by atoms with E-state index in [-0.39, 0.29) is 5.91 Å². The first-order valence-electron chi connectivity index (χ1n) is 10.5. The van der Waals surface area contributed by atoms with Crippen LogP contribution in [0.15, 0.2) is 36.4 Å². The van der Waals surface area contributed by atoms with Crippen LogP contribution in [0.2, 0.25) is 0 Å². The van der Waals surface area contributed by atoms with Crippen molar-refractivity contribution in [1.82, 2.24) is 4.57 Å². The molecule has 31 heavy (non-hydrogen) atoms. The Morgan fingerprint density at radius 3 is 2.65 bits per heavy atom. The average molecular weight is 421 g/mol. The van der Waals surface area contributed by atoms with Gasteiger partial charge in [0.2, 0.25) is 5.91 Å². The van der Waals surface area contributed by atoms with Crippen LogP contribution in [-0.2, 0) is 19.1 Å². The molecule has 1 aliphatic heterocycles. The van der Waals surface area contributed by atoms with Crippen LogP contribution < -0.4 is 10.2 Å². The summed E-state index contributed by atoms with van der Waals surface area (Å²) in [5.41, 5.74) is 3.29. The van der Waals surface area contributed by atoms with Crippen LogP contribution in [0.1, 0.15) is 49.7 Å². The lowest BCUT2D eigenvalue weighted by Crippen LogP contribution is -2.59. The third-order valence-electron chi connectivity index (χ3n) is 5.93. The number of amides is 2. The second kappa shape index (κ2) is 7.72. The average Bonchev–Trinajstić information content (AvgIpc) is 3.50. The number of aromatic nitrogens is 1. The number of fused-ring (bicyclic) bond motifs is 1. The molecule has 0 atom stereocenters. The van der Waals surface area contributed by atoms with Crippen LogP contribution in [0.5, 0.6) is 0 Å². The molecular weight excluding hydrogens is 394 g/mol. The summed E-state index contributed by atoms with van der Waals surface area (Å²) >= 11 is 0. The summed E-state index contributed by atoms with van der Waals surface area (Å²) in [6.07, 6.45) is 5.45. The van der Waals surface area contributed by atoms with Crippen LogP contribution >= 0.6 is 0 Å². The highest BCUT2D eigenvalue weighted by Crippen LogP contribution is 2.39. The van der Waals surface area contributed by atoms with Crippen molar-refractivity contribution < 1.29 is 19.1 Å². The first-order chi connectivity index (χ1) is 14.7. The molecule has 162 valence electrons. The van der Waals surface area contributed by atoms with Gasteiger partial charge in [-0.2, -0.15) is 0 Å². The van der Waals surface area contributed by atoms with Gasteiger partial charge >= 0.3 is 5.97 Å². The monoisotopic (exact) mass is 421 g/mol. The first-order valence-corrected chi connectivity index (χ1v) is 10.5. The Morgan fingerprint density at radius 2 is 1.94 bits per heavy atom. The molecule has 4 rings (SSSR count). The van der Waals surface area contributed by atoms with Gasteiger partial charge in [-0.1, -0.05) is 12.1 Å². The molecule has 0 unspecified atom stereocenters. The van der Waals surface area contributed by atoms with Crippen molar-refractivity contribution in [3.63, 3.8) is 0 Å². The van der Waals surface area contributed by atoms with E-state index >= 15 is 0 Å². The third-order valence-corrected chi connectivity index (χ3v) is 5.93. The quantitative estimate of drug-likeness (QED) is 0.589. The lowest BCUT2D eigenvalue weighted by molar-refractivity contribution is -0.143. The Bertz CT molecular complexity index is 1090. The standard InChI is InChI=1S/C24H27N3O4/c1-15-13-17(16(2)26(15)18-10-11-18)9-12-22(29)31-14-21(28)27-20-8-6-5-7-19(20)25-23(30)24(27,3)4/h5-9,12-13,18H,10-11,14H2,1-4H3,(H,25,30)/b12-9+. The number of esters is 1. The highest BCUT2D eigenvalue weighted by atomic mass is 16.5. The fourth-order valence-corrected chi connectivity index (χ4v) is 4.17. The summed E-state index contributed by atoms with van der Waals surface area (Å²) in [4.78, 5) is 39.1. The van der Waals surface area contributed by atoms with Gasteiger partial charge in [0.1, 0.15) is 5.54 Å². The predicted octanol–water partition coefficient (Wildman–Crippen LogP) is 3.76. The van der Waals surface area contributed by atoms with Crippen molar-refractivity contribution >= 4 is 35.2 Å². The number of carbonyl (C=O) groups excluding carboxylic acids is 3. The molecule has 2 aromatic rings. The van der Waals surface area contributed by atoms with Gasteiger partial charge in [-0.3, -0.25) is 14.5 Å². The molecule has 1 fully saturated rings. The zero-order chi connectivity index (χ0) is 22.3. The second-order valence-corrected chi connectivity index (χ2v) is 8.63. The molecule has 1 aliphatic carbocycles. The lowest BCUT2D eigenvalue weighted by atomic mass is 9.96. The van der Waals surface area contributed by atoms with Crippen molar-refractivity contribution in [2.75, 3.05) is 16.8 Å². The van der Waals surface area contributed by atoms with Crippen molar-refractivity contribution in [2.24, 2.45) is 0 Å². The summed E-state index contributed by atoms with van der Waals surface area (Å²) < 4.78 is 7.50. The number of hydrogen-bond acceptors (Lipinski definition) is 4. The molecule has 2 heterocycles. The maximum atomic E-state index is 12.9. The Hall–Kier alpha value is -3.35. The third kappa shape index (κ3) is 3.87. The van der Waals surface area contributed by atoms with Gasteiger partial charge in [0.05, 0.1) is 11.4 Å². The summed E-state index contributed by atoms with van der Waals surface area (Å²) in [7, 11) is 0. The lowest BCUT2D eigenvalue weighted by Gasteiger charge is -2.41. The SMILES string of the molecule is Cc1cc(/C=C/C(=O)OCC(=O)N2c3ccccc3NC(=O)C2(C)C)c(C)n1C1CC1. The Kier molecular flexibility index (Phi) is 5.21. The molecule has 0 bridgehead atoms. The number of hydrogen-bond donors (Lipinski definition) is 1. The number of benzene rings is 1. The molecular formula is C24H27N3O4. The Balaban J connectivity index is 1.44. The summed E-state index contributed by atoms with van der Waals surface area (Å²) in [5.74, 6) is -1.35. The topological polar surface area (TPSA) is 80.6 Å². The number of aryl methyl sites for hydroxylation is 1. The van der Waals surface area contributed by atoms with Gasteiger partial charge in [0.15, 0.2) is 6.61 Å². The minimum absolute atomic E-state index is 0.295. The first kappa shape index (κ1) is 20.9. The predicted molar refractivity (Wildman–Crippen MR) is 119 cm³/mol. The smallest absolute Gasteiger partial charge is 0.331 e. The minimum Gasteiger partial charge on any atom is -0.452 e. The fourth-order valence-electron chi connectivity index (χ4n) is 4.17. The van der Waals surface area contributed by atoms with Crippen molar-refractivity contribution in [2.45, 2.75) is 52.1 Å². The largest absolute Gasteiger partial charge is 0.452 e. The van der Waals surface area contributed by atoms with Crippen molar-refractivity contribution in [3.8, 4) is 0 Å². The molecule has 0 radical (unpaired) electrons. The zero-order valence-electron chi connectivity index (χ0n) is 18.3. The number of ether oxygens (including phenoxy) is 1. The van der Waals surface area contributed by atoms with Crippen molar-refractivity contribution in [3.05, 3.63) is 53.4 Å². The van der Waals surface area contributed by atoms with Gasteiger partial charge in [0.25, 0.3) is 5.91 Å². The van der Waals surface area contributed by atoms with E-state index in [0.29, 0.717) is 17.4 Å². The van der Waals surface area contributed by atoms with Crippen LogP contribution in [0, 0.1) is 13.8 Å². The van der Waals surface area contributed by atoms with Crippen LogP contribution in [-0.4, -0.2) is 34.5 Å². The summed E-state index contributed by atoms with van der Waals surface area (Å²) in [6, 6.07) is 9.68. The highest BCUT2D eigenvalue weighted by Gasteiger charge is 2.43. The molecule has 2 aliphatic rings. The van der Waals surface area contributed by atoms with E-state index in [1.807, 2.05) is 13.0 Å². The van der Waals surface area contributed by atoms with E-state index in [2.05, 4.69) is 16.8 Å². The number of carbonyl (C=O) groups is 3. The molecule has 1 aromatic heterocycles. The van der Waals surface area contributed by atoms with Crippen LogP contribution in [0.4, 0.5) is 11.4 Å².